The van der Waals surface area contributed by atoms with Crippen LogP contribution >= 0.6 is 15.9 Å². The predicted octanol–water partition coefficient (Wildman–Crippen LogP) is 5.79. The molecule has 9 nitrogen and oxygen atoms in total. The topological polar surface area (TPSA) is 83.9 Å². The molecule has 0 radical (unpaired) electrons. The first-order valence-corrected chi connectivity index (χ1v) is 14.4. The maximum absolute atomic E-state index is 12.9. The van der Waals surface area contributed by atoms with Crippen molar-refractivity contribution in [1.29, 1.82) is 0 Å². The van der Waals surface area contributed by atoms with Gasteiger partial charge in [-0.3, -0.25) is 14.5 Å². The largest absolute Gasteiger partial charge is 0.497 e. The third kappa shape index (κ3) is 6.02. The number of hydrogen-bond donors (Lipinski definition) is 0. The van der Waals surface area contributed by atoms with Crippen LogP contribution in [0, 0.1) is 0 Å². The molecule has 5 rings (SSSR count). The highest BCUT2D eigenvalue weighted by Crippen LogP contribution is 2.44. The summed E-state index contributed by atoms with van der Waals surface area (Å²) in [5, 5.41) is 6.61. The second-order valence-electron chi connectivity index (χ2n) is 9.87. The van der Waals surface area contributed by atoms with Gasteiger partial charge in [-0.05, 0) is 71.6 Å². The molecule has 41 heavy (non-hydrogen) atoms. The Hall–Kier alpha value is -4.05. The Morgan fingerprint density at radius 3 is 2.34 bits per heavy atom. The summed E-state index contributed by atoms with van der Waals surface area (Å²) in [5.74, 6) is 1.61. The van der Waals surface area contributed by atoms with Crippen molar-refractivity contribution >= 4 is 44.8 Å². The summed E-state index contributed by atoms with van der Waals surface area (Å²) in [6.45, 7) is 2.94. The number of likely N-dealkylation sites (tertiary alicyclic amines) is 1. The van der Waals surface area contributed by atoms with Crippen LogP contribution in [0.1, 0.15) is 37.9 Å². The minimum absolute atomic E-state index is 0.0440. The number of Topliss-reactive ketones (excluding diaryl/α,β-unsaturated/α-hetero) is 1. The van der Waals surface area contributed by atoms with Gasteiger partial charge >= 0.3 is 0 Å². The van der Waals surface area contributed by atoms with Gasteiger partial charge in [0.05, 0.1) is 24.4 Å². The molecule has 0 spiro atoms. The van der Waals surface area contributed by atoms with Crippen LogP contribution in [0.5, 0.6) is 17.2 Å². The number of amides is 1. The third-order valence-electron chi connectivity index (χ3n) is 7.17. The quantitative estimate of drug-likeness (QED) is 0.299. The first-order valence-electron chi connectivity index (χ1n) is 13.6. The fourth-order valence-electron chi connectivity index (χ4n) is 5.16. The monoisotopic (exact) mass is 620 g/mol. The summed E-state index contributed by atoms with van der Waals surface area (Å²) >= 11 is 3.66. The average molecular weight is 622 g/mol. The molecule has 0 bridgehead atoms. The summed E-state index contributed by atoms with van der Waals surface area (Å²) in [6.07, 6.45) is 2.63. The lowest BCUT2D eigenvalue weighted by Gasteiger charge is -2.32. The Labute approximate surface area is 248 Å². The molecule has 1 saturated heterocycles. The van der Waals surface area contributed by atoms with E-state index in [1.165, 1.54) is 6.92 Å². The number of hydrogen-bond acceptors (Lipinski definition) is 8. The number of rotatable bonds is 9. The zero-order chi connectivity index (χ0) is 28.9. The van der Waals surface area contributed by atoms with Gasteiger partial charge in [-0.1, -0.05) is 24.3 Å². The normalized spacial score (nSPS) is 16.8. The van der Waals surface area contributed by atoms with Gasteiger partial charge < -0.3 is 19.1 Å². The van der Waals surface area contributed by atoms with E-state index in [9.17, 15) is 9.59 Å². The number of anilines is 2. The number of carbonyl (C=O) groups is 2. The van der Waals surface area contributed by atoms with Crippen LogP contribution < -0.4 is 24.1 Å². The van der Waals surface area contributed by atoms with Gasteiger partial charge in [0.2, 0.25) is 0 Å². The number of methoxy groups -OCH3 is 2. The van der Waals surface area contributed by atoms with Crippen LogP contribution in [0.4, 0.5) is 11.4 Å². The van der Waals surface area contributed by atoms with Gasteiger partial charge in [0.1, 0.15) is 5.75 Å². The van der Waals surface area contributed by atoms with Crippen molar-refractivity contribution in [2.75, 3.05) is 43.8 Å². The Bertz CT molecular complexity index is 1440. The molecule has 1 atom stereocenters. The van der Waals surface area contributed by atoms with Gasteiger partial charge in [0, 0.05) is 37.3 Å². The lowest BCUT2D eigenvalue weighted by molar-refractivity contribution is -0.134. The molecule has 1 amide bonds. The highest BCUT2D eigenvalue weighted by Gasteiger charge is 2.40. The zero-order valence-electron chi connectivity index (χ0n) is 23.4. The fraction of sp³-hybridized carbons (Fsp3) is 0.323. The number of para-hydroxylation sites is 1. The Morgan fingerprint density at radius 1 is 0.927 bits per heavy atom. The van der Waals surface area contributed by atoms with Gasteiger partial charge in [0.15, 0.2) is 35.9 Å². The SMILES string of the molecule is COc1cccc(N2C(C(C)=O)=NN(c3ccccc3)[C@@H]2c2cc(Br)c(OCC(=O)N3CCCCC3)c(OC)c2)c1. The molecule has 0 unspecified atom stereocenters. The summed E-state index contributed by atoms with van der Waals surface area (Å²) < 4.78 is 17.9. The van der Waals surface area contributed by atoms with Crippen LogP contribution in [0.25, 0.3) is 0 Å². The number of ketones is 1. The minimum Gasteiger partial charge on any atom is -0.497 e. The molecule has 2 heterocycles. The third-order valence-corrected chi connectivity index (χ3v) is 7.76. The number of ether oxygens (including phenoxy) is 3. The molecular weight excluding hydrogens is 588 g/mol. The number of halogens is 1. The summed E-state index contributed by atoms with van der Waals surface area (Å²) in [4.78, 5) is 29.5. The van der Waals surface area contributed by atoms with Gasteiger partial charge in [-0.2, -0.15) is 0 Å². The second-order valence-corrected chi connectivity index (χ2v) is 10.7. The molecule has 3 aromatic rings. The van der Waals surface area contributed by atoms with E-state index in [1.54, 1.807) is 14.2 Å². The van der Waals surface area contributed by atoms with Gasteiger partial charge in [-0.25, -0.2) is 5.01 Å². The van der Waals surface area contributed by atoms with Crippen molar-refractivity contribution in [3.63, 3.8) is 0 Å². The number of benzene rings is 3. The number of carbonyl (C=O) groups excluding carboxylic acids is 2. The Morgan fingerprint density at radius 2 is 1.66 bits per heavy atom. The molecule has 0 aromatic heterocycles. The van der Waals surface area contributed by atoms with Crippen molar-refractivity contribution < 1.29 is 23.8 Å². The molecule has 214 valence electrons. The number of nitrogens with zero attached hydrogens (tertiary/aromatic N) is 4. The molecule has 0 N–H and O–H groups in total. The van der Waals surface area contributed by atoms with E-state index in [4.69, 9.17) is 19.3 Å². The molecular formula is C31H33BrN4O5. The van der Waals surface area contributed by atoms with Crippen LogP contribution in [0.2, 0.25) is 0 Å². The van der Waals surface area contributed by atoms with E-state index in [2.05, 4.69) is 15.9 Å². The summed E-state index contributed by atoms with van der Waals surface area (Å²) in [5.41, 5.74) is 2.34. The van der Waals surface area contributed by atoms with E-state index in [0.29, 0.717) is 21.7 Å². The molecule has 0 aliphatic carbocycles. The summed E-state index contributed by atoms with van der Waals surface area (Å²) in [7, 11) is 3.17. The number of hydrazone groups is 1. The van der Waals surface area contributed by atoms with Crippen molar-refractivity contribution in [3.05, 3.63) is 76.8 Å². The highest BCUT2D eigenvalue weighted by molar-refractivity contribution is 9.10. The molecule has 3 aromatic carbocycles. The van der Waals surface area contributed by atoms with Crippen molar-refractivity contribution in [1.82, 2.24) is 4.90 Å². The van der Waals surface area contributed by atoms with Crippen LogP contribution in [-0.4, -0.2) is 56.3 Å². The maximum atomic E-state index is 12.9. The molecule has 2 aliphatic heterocycles. The van der Waals surface area contributed by atoms with Crippen LogP contribution in [-0.2, 0) is 9.59 Å². The smallest absolute Gasteiger partial charge is 0.260 e. The molecule has 2 aliphatic rings. The zero-order valence-corrected chi connectivity index (χ0v) is 25.0. The van der Waals surface area contributed by atoms with Crippen molar-refractivity contribution in [3.8, 4) is 17.2 Å². The van der Waals surface area contributed by atoms with E-state index in [1.807, 2.05) is 81.5 Å². The fourth-order valence-corrected chi connectivity index (χ4v) is 5.74. The average Bonchev–Trinajstić information content (AvgIpc) is 3.42. The van der Waals surface area contributed by atoms with E-state index in [-0.39, 0.29) is 24.1 Å². The van der Waals surface area contributed by atoms with Crippen LogP contribution in [0.15, 0.2) is 76.3 Å². The molecule has 10 heteroatoms. The number of piperidine rings is 1. The lowest BCUT2D eigenvalue weighted by Crippen LogP contribution is -2.38. The van der Waals surface area contributed by atoms with E-state index >= 15 is 0 Å². The first kappa shape index (κ1) is 28.5. The minimum atomic E-state index is -0.544. The molecule has 0 saturated carbocycles. The van der Waals surface area contributed by atoms with Crippen molar-refractivity contribution in [2.45, 2.75) is 32.4 Å². The lowest BCUT2D eigenvalue weighted by atomic mass is 10.1. The van der Waals surface area contributed by atoms with Crippen molar-refractivity contribution in [2.24, 2.45) is 5.10 Å². The van der Waals surface area contributed by atoms with E-state index < -0.39 is 6.17 Å². The Balaban J connectivity index is 1.55. The molecule has 1 fully saturated rings. The first-order chi connectivity index (χ1) is 19.9. The van der Waals surface area contributed by atoms with Gasteiger partial charge in [0.25, 0.3) is 5.91 Å². The second kappa shape index (κ2) is 12.6. The summed E-state index contributed by atoms with van der Waals surface area (Å²) in [6, 6.07) is 21.0. The highest BCUT2D eigenvalue weighted by atomic mass is 79.9. The standard InChI is InChI=1S/C31H33BrN4O5/c1-21(37)30-33-36(23-11-6-4-7-12-23)31(35(30)24-13-10-14-25(19-24)39-2)22-17-26(32)29(27(18-22)40-3)41-20-28(38)34-15-8-5-9-16-34/h4,6-7,10-14,17-19,31H,5,8-9,15-16,20H2,1-3H3/t31-/m1/s1. The van der Waals surface area contributed by atoms with Gasteiger partial charge in [-0.15, -0.1) is 5.10 Å². The maximum Gasteiger partial charge on any atom is 0.260 e. The number of amidine groups is 1. The Kier molecular flexibility index (Phi) is 8.78. The van der Waals surface area contributed by atoms with E-state index in [0.717, 1.165) is 49.3 Å². The van der Waals surface area contributed by atoms with Crippen LogP contribution in [0.3, 0.4) is 0 Å². The predicted molar refractivity (Wildman–Crippen MR) is 162 cm³/mol.